The molecule has 0 radical (unpaired) electrons. The lowest BCUT2D eigenvalue weighted by molar-refractivity contribution is -0.143. The van der Waals surface area contributed by atoms with Gasteiger partial charge in [0.2, 0.25) is 5.91 Å². The molecular weight excluding hydrogens is 407 g/mol. The van der Waals surface area contributed by atoms with E-state index in [1.165, 1.54) is 12.1 Å². The molecule has 4 rings (SSSR count). The van der Waals surface area contributed by atoms with Crippen molar-refractivity contribution in [2.45, 2.75) is 45.6 Å². The molecule has 1 unspecified atom stereocenters. The highest BCUT2D eigenvalue weighted by Gasteiger charge is 2.44. The molecule has 32 heavy (non-hydrogen) atoms. The normalized spacial score (nSPS) is 20.6. The number of carbonyl (C=O) groups excluding carboxylic acids is 2. The number of allylic oxidation sites excluding steroid dienone is 2. The molecule has 0 saturated carbocycles. The largest absolute Gasteiger partial charge is 0.489 e. The summed E-state index contributed by atoms with van der Waals surface area (Å²) in [6, 6.07) is 13.8. The lowest BCUT2D eigenvalue weighted by Crippen LogP contribution is -2.49. The number of benzene rings is 2. The summed E-state index contributed by atoms with van der Waals surface area (Å²) in [6.45, 7) is 4.48. The summed E-state index contributed by atoms with van der Waals surface area (Å²) in [5, 5.41) is 3.44. The van der Waals surface area contributed by atoms with Crippen molar-refractivity contribution >= 4 is 11.7 Å². The quantitative estimate of drug-likeness (QED) is 0.673. The van der Waals surface area contributed by atoms with E-state index in [2.05, 4.69) is 13.8 Å². The Labute approximate surface area is 188 Å². The highest BCUT2D eigenvalue weighted by atomic mass is 19.1. The van der Waals surface area contributed by atoms with E-state index in [0.717, 1.165) is 22.4 Å². The molecule has 1 aliphatic heterocycles. The first-order valence-corrected chi connectivity index (χ1v) is 10.9. The minimum Gasteiger partial charge on any atom is -0.489 e. The van der Waals surface area contributed by atoms with E-state index in [-0.39, 0.29) is 35.3 Å². The summed E-state index contributed by atoms with van der Waals surface area (Å²) in [7, 11) is 3.67. The highest BCUT2D eigenvalue weighted by molar-refractivity contribution is 6.01. The second kappa shape index (κ2) is 8.51. The molecule has 6 heteroatoms. The highest BCUT2D eigenvalue weighted by Crippen LogP contribution is 2.47. The summed E-state index contributed by atoms with van der Waals surface area (Å²) in [5.74, 6) is 0.282. The molecule has 0 bridgehead atoms. The third-order valence-electron chi connectivity index (χ3n) is 6.12. The van der Waals surface area contributed by atoms with E-state index in [0.29, 0.717) is 25.2 Å². The van der Waals surface area contributed by atoms with Crippen LogP contribution in [0.4, 0.5) is 4.39 Å². The van der Waals surface area contributed by atoms with E-state index in [1.54, 1.807) is 22.2 Å². The number of halogens is 1. The van der Waals surface area contributed by atoms with Crippen molar-refractivity contribution in [1.82, 2.24) is 10.0 Å². The molecule has 2 aliphatic rings. The average molecular weight is 437 g/mol. The van der Waals surface area contributed by atoms with Gasteiger partial charge in [-0.2, -0.15) is 0 Å². The van der Waals surface area contributed by atoms with Crippen molar-refractivity contribution in [1.29, 1.82) is 0 Å². The van der Waals surface area contributed by atoms with Gasteiger partial charge in [-0.15, -0.1) is 0 Å². The molecule has 1 aliphatic carbocycles. The van der Waals surface area contributed by atoms with Gasteiger partial charge in [-0.3, -0.25) is 9.59 Å². The van der Waals surface area contributed by atoms with Crippen molar-refractivity contribution < 1.29 is 18.7 Å². The Morgan fingerprint density at radius 2 is 1.69 bits per heavy atom. The fraction of sp³-hybridized carbons (Fsp3) is 0.385. The van der Waals surface area contributed by atoms with Crippen LogP contribution >= 0.6 is 0 Å². The van der Waals surface area contributed by atoms with Crippen LogP contribution in [0.2, 0.25) is 0 Å². The van der Waals surface area contributed by atoms with Crippen LogP contribution in [0, 0.1) is 11.2 Å². The Morgan fingerprint density at radius 1 is 1.03 bits per heavy atom. The lowest BCUT2D eigenvalue weighted by atomic mass is 9.69. The number of amides is 1. The first kappa shape index (κ1) is 22.2. The van der Waals surface area contributed by atoms with Crippen molar-refractivity contribution in [3.05, 3.63) is 76.7 Å². The standard InChI is InChI=1S/C26H29FN2O3/c1-26(2)14-22-25(23(30)15-26)21(13-24(31)29(22)28(3)4)18-7-11-20(12-8-18)32-16-17-5-9-19(27)10-6-17/h5-12,21H,13-16H2,1-4H3. The zero-order valence-electron chi connectivity index (χ0n) is 19.0. The zero-order valence-corrected chi connectivity index (χ0v) is 19.0. The maximum atomic E-state index is 13.2. The van der Waals surface area contributed by atoms with Crippen molar-refractivity contribution in [2.24, 2.45) is 5.41 Å². The van der Waals surface area contributed by atoms with Crippen LogP contribution in [0.5, 0.6) is 5.75 Å². The smallest absolute Gasteiger partial charge is 0.242 e. The van der Waals surface area contributed by atoms with Gasteiger partial charge in [0.1, 0.15) is 18.2 Å². The van der Waals surface area contributed by atoms with E-state index >= 15 is 0 Å². The molecule has 0 spiro atoms. The molecule has 168 valence electrons. The first-order chi connectivity index (χ1) is 15.1. The number of rotatable bonds is 5. The van der Waals surface area contributed by atoms with E-state index < -0.39 is 0 Å². The third kappa shape index (κ3) is 4.46. The zero-order chi connectivity index (χ0) is 23.0. The second-order valence-electron chi connectivity index (χ2n) is 9.59. The van der Waals surface area contributed by atoms with Crippen molar-refractivity contribution in [2.75, 3.05) is 14.1 Å². The molecule has 5 nitrogen and oxygen atoms in total. The number of hydrogen-bond donors (Lipinski definition) is 0. The Morgan fingerprint density at radius 3 is 2.31 bits per heavy atom. The maximum Gasteiger partial charge on any atom is 0.242 e. The minimum absolute atomic E-state index is 0.000821. The van der Waals surface area contributed by atoms with Gasteiger partial charge in [0.25, 0.3) is 0 Å². The van der Waals surface area contributed by atoms with E-state index in [1.807, 2.05) is 38.4 Å². The van der Waals surface area contributed by atoms with Crippen LogP contribution in [0.1, 0.15) is 50.2 Å². The van der Waals surface area contributed by atoms with E-state index in [4.69, 9.17) is 4.74 Å². The van der Waals surface area contributed by atoms with Crippen molar-refractivity contribution in [3.63, 3.8) is 0 Å². The molecule has 1 amide bonds. The summed E-state index contributed by atoms with van der Waals surface area (Å²) in [4.78, 5) is 26.2. The van der Waals surface area contributed by atoms with Crippen LogP contribution < -0.4 is 4.74 Å². The second-order valence-corrected chi connectivity index (χ2v) is 9.59. The van der Waals surface area contributed by atoms with Crippen LogP contribution in [-0.4, -0.2) is 35.8 Å². The lowest BCUT2D eigenvalue weighted by Gasteiger charge is -2.44. The molecule has 2 aromatic carbocycles. The third-order valence-corrected chi connectivity index (χ3v) is 6.12. The monoisotopic (exact) mass is 436 g/mol. The topological polar surface area (TPSA) is 49.9 Å². The molecule has 1 atom stereocenters. The fourth-order valence-electron chi connectivity index (χ4n) is 4.69. The Balaban J connectivity index is 1.59. The molecule has 0 saturated heterocycles. The van der Waals surface area contributed by atoms with Gasteiger partial charge in [0.15, 0.2) is 5.78 Å². The van der Waals surface area contributed by atoms with Gasteiger partial charge in [-0.05, 0) is 47.2 Å². The van der Waals surface area contributed by atoms with Crippen LogP contribution in [-0.2, 0) is 16.2 Å². The number of ketones is 1. The van der Waals surface area contributed by atoms with Gasteiger partial charge in [-0.1, -0.05) is 38.1 Å². The van der Waals surface area contributed by atoms with Crippen LogP contribution in [0.3, 0.4) is 0 Å². The molecule has 0 aromatic heterocycles. The minimum atomic E-state index is -0.276. The summed E-state index contributed by atoms with van der Waals surface area (Å²) < 4.78 is 18.9. The number of ether oxygens (including phenoxy) is 1. The molecule has 0 fully saturated rings. The average Bonchev–Trinajstić information content (AvgIpc) is 2.71. The Kier molecular flexibility index (Phi) is 5.91. The Hall–Kier alpha value is -2.99. The van der Waals surface area contributed by atoms with Crippen LogP contribution in [0.25, 0.3) is 0 Å². The number of hydrogen-bond acceptors (Lipinski definition) is 4. The van der Waals surface area contributed by atoms with Crippen LogP contribution in [0.15, 0.2) is 59.8 Å². The van der Waals surface area contributed by atoms with Gasteiger partial charge >= 0.3 is 0 Å². The van der Waals surface area contributed by atoms with Gasteiger partial charge in [0, 0.05) is 44.1 Å². The molecular formula is C26H29FN2O3. The molecule has 0 N–H and O–H groups in total. The summed E-state index contributed by atoms with van der Waals surface area (Å²) in [6.07, 6.45) is 1.43. The summed E-state index contributed by atoms with van der Waals surface area (Å²) in [5.41, 5.74) is 3.23. The number of carbonyl (C=O) groups is 2. The predicted octanol–water partition coefficient (Wildman–Crippen LogP) is 4.84. The number of nitrogens with zero attached hydrogens (tertiary/aromatic N) is 2. The number of hydrazine groups is 1. The van der Waals surface area contributed by atoms with E-state index in [9.17, 15) is 14.0 Å². The maximum absolute atomic E-state index is 13.2. The molecule has 1 heterocycles. The van der Waals surface area contributed by atoms with Crippen molar-refractivity contribution in [3.8, 4) is 5.75 Å². The fourth-order valence-corrected chi connectivity index (χ4v) is 4.69. The summed E-state index contributed by atoms with van der Waals surface area (Å²) >= 11 is 0. The van der Waals surface area contributed by atoms with Gasteiger partial charge in [-0.25, -0.2) is 14.4 Å². The molecule has 2 aromatic rings. The van der Waals surface area contributed by atoms with Gasteiger partial charge in [0.05, 0.1) is 0 Å². The SMILES string of the molecule is CN(C)N1C(=O)CC(c2ccc(OCc3ccc(F)cc3)cc2)C2=C1CC(C)(C)CC2=O. The number of Topliss-reactive ketones (excluding diaryl/α,β-unsaturated/α-hetero) is 1. The predicted molar refractivity (Wildman–Crippen MR) is 120 cm³/mol. The van der Waals surface area contributed by atoms with Gasteiger partial charge < -0.3 is 4.74 Å². The first-order valence-electron chi connectivity index (χ1n) is 10.9. The Bertz CT molecular complexity index is 1060.